The van der Waals surface area contributed by atoms with Crippen LogP contribution in [0.1, 0.15) is 46.0 Å². The van der Waals surface area contributed by atoms with Crippen LogP contribution in [0.2, 0.25) is 0 Å². The summed E-state index contributed by atoms with van der Waals surface area (Å²) in [5, 5.41) is 3.25. The van der Waals surface area contributed by atoms with Crippen molar-refractivity contribution in [3.05, 3.63) is 0 Å². The standard InChI is InChI=1S/C15H29NO2S/c1-12(2)7-10-19-11-8-13-6-5-9-15(13,16-3)14(17)18-4/h12-13,16H,5-11H2,1-4H3. The molecule has 4 heteroatoms. The molecule has 1 saturated carbocycles. The molecule has 1 aliphatic rings. The van der Waals surface area contributed by atoms with Crippen molar-refractivity contribution in [3.8, 4) is 0 Å². The predicted octanol–water partition coefficient (Wildman–Crippen LogP) is 3.09. The van der Waals surface area contributed by atoms with Crippen LogP contribution in [-0.4, -0.2) is 37.2 Å². The molecule has 0 bridgehead atoms. The third-order valence-electron chi connectivity index (χ3n) is 4.27. The van der Waals surface area contributed by atoms with Gasteiger partial charge in [0, 0.05) is 0 Å². The number of carbonyl (C=O) groups excluding carboxylic acids is 1. The zero-order chi connectivity index (χ0) is 14.3. The lowest BCUT2D eigenvalue weighted by atomic mass is 9.85. The first kappa shape index (κ1) is 16.8. The highest BCUT2D eigenvalue weighted by atomic mass is 32.2. The second kappa shape index (κ2) is 8.15. The molecular weight excluding hydrogens is 258 g/mol. The van der Waals surface area contributed by atoms with Crippen LogP contribution in [0.5, 0.6) is 0 Å². The van der Waals surface area contributed by atoms with Crippen molar-refractivity contribution in [1.82, 2.24) is 5.32 Å². The molecule has 3 nitrogen and oxygen atoms in total. The molecule has 1 aliphatic carbocycles. The average molecular weight is 287 g/mol. The summed E-state index contributed by atoms with van der Waals surface area (Å²) in [6.07, 6.45) is 5.57. The molecule has 1 fully saturated rings. The Morgan fingerprint density at radius 3 is 2.79 bits per heavy atom. The van der Waals surface area contributed by atoms with Crippen molar-refractivity contribution < 1.29 is 9.53 Å². The fourth-order valence-electron chi connectivity index (χ4n) is 3.00. The summed E-state index contributed by atoms with van der Waals surface area (Å²) < 4.78 is 5.01. The molecule has 1 N–H and O–H groups in total. The Morgan fingerprint density at radius 1 is 1.47 bits per heavy atom. The molecule has 112 valence electrons. The van der Waals surface area contributed by atoms with Gasteiger partial charge in [-0.1, -0.05) is 20.3 Å². The minimum atomic E-state index is -0.423. The van der Waals surface area contributed by atoms with Crippen LogP contribution in [0.15, 0.2) is 0 Å². The van der Waals surface area contributed by atoms with Crippen LogP contribution < -0.4 is 5.32 Å². The highest BCUT2D eigenvalue weighted by Gasteiger charge is 2.48. The first-order valence-corrected chi connectivity index (χ1v) is 8.57. The Hall–Kier alpha value is -0.220. The van der Waals surface area contributed by atoms with Crippen LogP contribution in [0.25, 0.3) is 0 Å². The molecule has 0 radical (unpaired) electrons. The molecule has 0 aliphatic heterocycles. The van der Waals surface area contributed by atoms with E-state index in [1.807, 2.05) is 18.8 Å². The number of carbonyl (C=O) groups is 1. The zero-order valence-electron chi connectivity index (χ0n) is 12.8. The molecule has 0 aromatic rings. The van der Waals surface area contributed by atoms with Crippen LogP contribution in [0, 0.1) is 11.8 Å². The van der Waals surface area contributed by atoms with Crippen molar-refractivity contribution in [2.45, 2.75) is 51.5 Å². The number of thioether (sulfide) groups is 1. The number of methoxy groups -OCH3 is 1. The Kier molecular flexibility index (Phi) is 7.22. The number of hydrogen-bond acceptors (Lipinski definition) is 4. The highest BCUT2D eigenvalue weighted by molar-refractivity contribution is 7.99. The second-order valence-corrected chi connectivity index (χ2v) is 7.11. The van der Waals surface area contributed by atoms with Gasteiger partial charge in [-0.2, -0.15) is 11.8 Å². The lowest BCUT2D eigenvalue weighted by Crippen LogP contribution is -2.53. The van der Waals surface area contributed by atoms with E-state index in [-0.39, 0.29) is 5.97 Å². The van der Waals surface area contributed by atoms with Crippen molar-refractivity contribution in [1.29, 1.82) is 0 Å². The molecule has 1 rings (SSSR count). The summed E-state index contributed by atoms with van der Waals surface area (Å²) in [7, 11) is 3.38. The Morgan fingerprint density at radius 2 is 2.21 bits per heavy atom. The van der Waals surface area contributed by atoms with Gasteiger partial charge in [-0.05, 0) is 56.1 Å². The first-order valence-electron chi connectivity index (χ1n) is 7.42. The Labute approximate surface area is 122 Å². The summed E-state index contributed by atoms with van der Waals surface area (Å²) in [6, 6.07) is 0. The van der Waals surface area contributed by atoms with Crippen molar-refractivity contribution >= 4 is 17.7 Å². The van der Waals surface area contributed by atoms with E-state index in [0.717, 1.165) is 37.4 Å². The van der Waals surface area contributed by atoms with E-state index >= 15 is 0 Å². The van der Waals surface area contributed by atoms with Crippen molar-refractivity contribution in [2.75, 3.05) is 25.7 Å². The first-order chi connectivity index (χ1) is 9.06. The van der Waals surface area contributed by atoms with Gasteiger partial charge in [0.2, 0.25) is 0 Å². The number of likely N-dealkylation sites (N-methyl/N-ethyl adjacent to an activating group) is 1. The maximum absolute atomic E-state index is 12.1. The van der Waals surface area contributed by atoms with Gasteiger partial charge in [0.25, 0.3) is 0 Å². The van der Waals surface area contributed by atoms with Gasteiger partial charge in [0.05, 0.1) is 7.11 Å². The maximum atomic E-state index is 12.1. The van der Waals surface area contributed by atoms with E-state index < -0.39 is 5.54 Å². The summed E-state index contributed by atoms with van der Waals surface area (Å²) in [6.45, 7) is 4.53. The fraction of sp³-hybridized carbons (Fsp3) is 0.933. The number of hydrogen-bond donors (Lipinski definition) is 1. The summed E-state index contributed by atoms with van der Waals surface area (Å²) in [5.74, 6) is 3.51. The molecule has 0 spiro atoms. The average Bonchev–Trinajstić information content (AvgIpc) is 2.81. The second-order valence-electron chi connectivity index (χ2n) is 5.89. The van der Waals surface area contributed by atoms with Crippen molar-refractivity contribution in [2.24, 2.45) is 11.8 Å². The van der Waals surface area contributed by atoms with Crippen LogP contribution in [-0.2, 0) is 9.53 Å². The minimum Gasteiger partial charge on any atom is -0.468 e. The largest absolute Gasteiger partial charge is 0.468 e. The monoisotopic (exact) mass is 287 g/mol. The molecule has 0 aromatic heterocycles. The van der Waals surface area contributed by atoms with E-state index in [1.165, 1.54) is 19.3 Å². The zero-order valence-corrected chi connectivity index (χ0v) is 13.6. The third kappa shape index (κ3) is 4.38. The number of esters is 1. The number of rotatable bonds is 8. The molecule has 0 heterocycles. The summed E-state index contributed by atoms with van der Waals surface area (Å²) in [4.78, 5) is 12.1. The third-order valence-corrected chi connectivity index (χ3v) is 5.32. The lowest BCUT2D eigenvalue weighted by molar-refractivity contribution is -0.150. The van der Waals surface area contributed by atoms with Crippen molar-refractivity contribution in [3.63, 3.8) is 0 Å². The molecule has 0 amide bonds. The van der Waals surface area contributed by atoms with Gasteiger partial charge in [-0.25, -0.2) is 0 Å². The lowest BCUT2D eigenvalue weighted by Gasteiger charge is -2.32. The number of ether oxygens (including phenoxy) is 1. The number of nitrogens with one attached hydrogen (secondary N) is 1. The molecule has 2 atom stereocenters. The SMILES string of the molecule is CNC1(C(=O)OC)CCCC1CCSCCC(C)C. The molecular formula is C15H29NO2S. The molecule has 19 heavy (non-hydrogen) atoms. The predicted molar refractivity (Wildman–Crippen MR) is 82.5 cm³/mol. The Bertz CT molecular complexity index is 283. The van der Waals surface area contributed by atoms with E-state index in [9.17, 15) is 4.79 Å². The summed E-state index contributed by atoms with van der Waals surface area (Å²) >= 11 is 2.02. The van der Waals surface area contributed by atoms with E-state index in [4.69, 9.17) is 4.74 Å². The van der Waals surface area contributed by atoms with Gasteiger partial charge in [-0.15, -0.1) is 0 Å². The van der Waals surface area contributed by atoms with Crippen LogP contribution in [0.4, 0.5) is 0 Å². The highest BCUT2D eigenvalue weighted by Crippen LogP contribution is 2.39. The smallest absolute Gasteiger partial charge is 0.326 e. The van der Waals surface area contributed by atoms with E-state index in [0.29, 0.717) is 5.92 Å². The van der Waals surface area contributed by atoms with Gasteiger partial charge in [-0.3, -0.25) is 4.79 Å². The normalized spacial score (nSPS) is 26.9. The topological polar surface area (TPSA) is 38.3 Å². The molecule has 2 unspecified atom stereocenters. The fourth-order valence-corrected chi connectivity index (χ4v) is 4.29. The van der Waals surface area contributed by atoms with E-state index in [2.05, 4.69) is 19.2 Å². The van der Waals surface area contributed by atoms with E-state index in [1.54, 1.807) is 0 Å². The molecule has 0 aromatic carbocycles. The quantitative estimate of drug-likeness (QED) is 0.550. The van der Waals surface area contributed by atoms with Gasteiger partial charge in [0.15, 0.2) is 0 Å². The molecule has 0 saturated heterocycles. The minimum absolute atomic E-state index is 0.0790. The van der Waals surface area contributed by atoms with Crippen LogP contribution >= 0.6 is 11.8 Å². The van der Waals surface area contributed by atoms with Gasteiger partial charge < -0.3 is 10.1 Å². The van der Waals surface area contributed by atoms with Gasteiger partial charge >= 0.3 is 5.97 Å². The summed E-state index contributed by atoms with van der Waals surface area (Å²) in [5.41, 5.74) is -0.423. The Balaban J connectivity index is 2.41. The van der Waals surface area contributed by atoms with Gasteiger partial charge in [0.1, 0.15) is 5.54 Å². The van der Waals surface area contributed by atoms with Crippen LogP contribution in [0.3, 0.4) is 0 Å². The maximum Gasteiger partial charge on any atom is 0.326 e.